The topological polar surface area (TPSA) is 152 Å². The van der Waals surface area contributed by atoms with Gasteiger partial charge in [-0.3, -0.25) is 4.79 Å². The Kier molecular flexibility index (Phi) is 11.1. The Labute approximate surface area is 260 Å². The predicted molar refractivity (Wildman–Crippen MR) is 166 cm³/mol. The highest BCUT2D eigenvalue weighted by atomic mass is 32.2. The number of hydrogen-bond acceptors (Lipinski definition) is 8. The minimum atomic E-state index is -4.04. The highest BCUT2D eigenvalue weighted by Crippen LogP contribution is 2.41. The highest BCUT2D eigenvalue weighted by molar-refractivity contribution is 7.87. The van der Waals surface area contributed by atoms with Gasteiger partial charge in [-0.1, -0.05) is 72.2 Å². The molecule has 0 saturated carbocycles. The van der Waals surface area contributed by atoms with Gasteiger partial charge >= 0.3 is 13.1 Å². The maximum absolute atomic E-state index is 13.6. The second-order valence-corrected chi connectivity index (χ2v) is 14.0. The Bertz CT molecular complexity index is 1390. The van der Waals surface area contributed by atoms with E-state index in [-0.39, 0.29) is 32.8 Å². The fourth-order valence-corrected chi connectivity index (χ4v) is 6.66. The molecule has 1 N–H and O–H groups in total. The third kappa shape index (κ3) is 8.19. The van der Waals surface area contributed by atoms with Gasteiger partial charge in [0.2, 0.25) is 0 Å². The molecule has 12 nitrogen and oxygen atoms in total. The van der Waals surface area contributed by atoms with Crippen LogP contribution in [0.3, 0.4) is 0 Å². The molecular formula is C30H42BN5O7S. The lowest BCUT2D eigenvalue weighted by atomic mass is 9.78. The molecule has 14 heteroatoms. The van der Waals surface area contributed by atoms with E-state index in [1.165, 1.54) is 0 Å². The van der Waals surface area contributed by atoms with Crippen molar-refractivity contribution in [3.05, 3.63) is 82.2 Å². The van der Waals surface area contributed by atoms with Crippen molar-refractivity contribution in [1.29, 1.82) is 0 Å². The molecule has 0 aliphatic carbocycles. The summed E-state index contributed by atoms with van der Waals surface area (Å²) in [5.74, 6) is -1.39. The van der Waals surface area contributed by atoms with E-state index in [4.69, 9.17) is 18.8 Å². The predicted octanol–water partition coefficient (Wildman–Crippen LogP) is 4.63. The molecule has 2 saturated heterocycles. The molecule has 0 bridgehead atoms. The van der Waals surface area contributed by atoms with Crippen molar-refractivity contribution in [1.82, 2.24) is 9.03 Å². The first kappa shape index (κ1) is 33.9. The minimum absolute atomic E-state index is 0.0248. The number of benzene rings is 2. The van der Waals surface area contributed by atoms with Crippen LogP contribution in [-0.2, 0) is 47.0 Å². The summed E-state index contributed by atoms with van der Waals surface area (Å²) in [6.07, 6.45) is 1.46. The third-order valence-corrected chi connectivity index (χ3v) is 10.1. The molecule has 2 fully saturated rings. The molecule has 238 valence electrons. The molecule has 2 aliphatic rings. The Morgan fingerprint density at radius 3 is 2.23 bits per heavy atom. The maximum atomic E-state index is 13.6. The lowest BCUT2D eigenvalue weighted by molar-refractivity contribution is -0.152. The van der Waals surface area contributed by atoms with Crippen LogP contribution in [0.2, 0.25) is 6.32 Å². The van der Waals surface area contributed by atoms with E-state index in [1.54, 1.807) is 0 Å². The van der Waals surface area contributed by atoms with Crippen LogP contribution in [0.1, 0.15) is 51.7 Å². The van der Waals surface area contributed by atoms with Crippen molar-refractivity contribution in [3.63, 3.8) is 0 Å². The van der Waals surface area contributed by atoms with Gasteiger partial charge in [0, 0.05) is 24.5 Å². The van der Waals surface area contributed by atoms with Crippen LogP contribution in [-0.4, -0.2) is 68.8 Å². The smallest absolute Gasteiger partial charge is 0.457 e. The average Bonchev–Trinajstić information content (AvgIpc) is 3.46. The first-order valence-corrected chi connectivity index (χ1v) is 16.3. The van der Waals surface area contributed by atoms with E-state index in [2.05, 4.69) is 14.7 Å². The standard InChI is InChI=1S/C30H42BN5O7S/c1-28(2)29(3,4)43-31(42-28)17-11-16-26-20-36(44(38,39)33-18-19-40-21-24-12-7-5-8-13-24)23-30(26,34-35-32)27(37)41-22-25-14-9-6-10-15-25/h5-10,12-15,26,33H,11,16-23H2,1-4H3. The molecule has 2 atom stereocenters. The fourth-order valence-electron chi connectivity index (χ4n) is 5.40. The van der Waals surface area contributed by atoms with Gasteiger partial charge in [0.1, 0.15) is 6.61 Å². The summed E-state index contributed by atoms with van der Waals surface area (Å²) in [6, 6.07) is 18.7. The van der Waals surface area contributed by atoms with Crippen molar-refractivity contribution in [2.45, 2.75) is 76.8 Å². The van der Waals surface area contributed by atoms with Gasteiger partial charge in [-0.15, -0.1) is 0 Å². The van der Waals surface area contributed by atoms with Crippen LogP contribution in [0.25, 0.3) is 10.4 Å². The van der Waals surface area contributed by atoms with Crippen LogP contribution >= 0.6 is 0 Å². The van der Waals surface area contributed by atoms with Crippen LogP contribution in [0.15, 0.2) is 65.8 Å². The van der Waals surface area contributed by atoms with Crippen LogP contribution in [0.4, 0.5) is 0 Å². The first-order valence-electron chi connectivity index (χ1n) is 14.9. The molecule has 0 amide bonds. The number of ether oxygens (including phenoxy) is 2. The summed E-state index contributed by atoms with van der Waals surface area (Å²) in [5, 5.41) is 3.94. The quantitative estimate of drug-likeness (QED) is 0.0755. The molecule has 2 aromatic carbocycles. The van der Waals surface area contributed by atoms with Crippen LogP contribution in [0, 0.1) is 5.92 Å². The number of azide groups is 1. The Hall–Kier alpha value is -2.97. The molecule has 2 heterocycles. The first-order chi connectivity index (χ1) is 20.9. The van der Waals surface area contributed by atoms with Crippen LogP contribution < -0.4 is 4.72 Å². The number of rotatable bonds is 15. The van der Waals surface area contributed by atoms with Gasteiger partial charge in [0.15, 0.2) is 5.54 Å². The zero-order valence-electron chi connectivity index (χ0n) is 25.8. The van der Waals surface area contributed by atoms with E-state index in [0.717, 1.165) is 15.4 Å². The van der Waals surface area contributed by atoms with Gasteiger partial charge in [0.25, 0.3) is 10.2 Å². The summed E-state index contributed by atoms with van der Waals surface area (Å²) < 4.78 is 53.9. The molecule has 0 radical (unpaired) electrons. The normalized spacial score (nSPS) is 22.9. The third-order valence-electron chi connectivity index (χ3n) is 8.58. The summed E-state index contributed by atoms with van der Waals surface area (Å²) in [6.45, 7) is 8.03. The van der Waals surface area contributed by atoms with Crippen LogP contribution in [0.5, 0.6) is 0 Å². The van der Waals surface area contributed by atoms with Crippen molar-refractivity contribution in [2.75, 3.05) is 26.2 Å². The summed E-state index contributed by atoms with van der Waals surface area (Å²) in [7, 11) is -4.48. The van der Waals surface area contributed by atoms with Gasteiger partial charge in [-0.2, -0.15) is 17.4 Å². The zero-order chi connectivity index (χ0) is 31.8. The maximum Gasteiger partial charge on any atom is 0.457 e. The molecule has 0 spiro atoms. The number of esters is 1. The second kappa shape index (κ2) is 14.4. The molecule has 2 aromatic rings. The zero-order valence-corrected chi connectivity index (χ0v) is 26.7. The Balaban J connectivity index is 1.43. The SMILES string of the molecule is CC1(C)OB(CCCC2CN(S(=O)(=O)NCCOCc3ccccc3)CC2(N=[N+]=[N-])C(=O)OCc2ccccc2)OC1(C)C. The second-order valence-electron chi connectivity index (χ2n) is 12.2. The number of nitrogens with one attached hydrogen (secondary N) is 1. The van der Waals surface area contributed by atoms with Gasteiger partial charge in [-0.25, -0.2) is 0 Å². The van der Waals surface area contributed by atoms with E-state index in [9.17, 15) is 18.7 Å². The summed E-state index contributed by atoms with van der Waals surface area (Å²) >= 11 is 0. The van der Waals surface area contributed by atoms with E-state index >= 15 is 0 Å². The van der Waals surface area contributed by atoms with E-state index in [1.807, 2.05) is 88.4 Å². The number of nitrogens with zero attached hydrogens (tertiary/aromatic N) is 4. The van der Waals surface area contributed by atoms with Crippen molar-refractivity contribution in [3.8, 4) is 0 Å². The lowest BCUT2D eigenvalue weighted by Crippen LogP contribution is -2.47. The molecule has 0 aromatic heterocycles. The molecule has 44 heavy (non-hydrogen) atoms. The lowest BCUT2D eigenvalue weighted by Gasteiger charge is -2.32. The highest BCUT2D eigenvalue weighted by Gasteiger charge is 2.56. The number of carbonyl (C=O) groups is 1. The van der Waals surface area contributed by atoms with Crippen molar-refractivity contribution in [2.24, 2.45) is 11.0 Å². The van der Waals surface area contributed by atoms with Crippen molar-refractivity contribution >= 4 is 23.3 Å². The van der Waals surface area contributed by atoms with E-state index in [0.29, 0.717) is 25.8 Å². The fraction of sp³-hybridized carbons (Fsp3) is 0.567. The monoisotopic (exact) mass is 627 g/mol. The molecule has 4 rings (SSSR count). The molecule has 2 aliphatic heterocycles. The summed E-state index contributed by atoms with van der Waals surface area (Å²) in [4.78, 5) is 16.6. The molecule has 2 unspecified atom stereocenters. The minimum Gasteiger partial charge on any atom is -0.460 e. The van der Waals surface area contributed by atoms with E-state index < -0.39 is 46.0 Å². The van der Waals surface area contributed by atoms with Gasteiger partial charge < -0.3 is 18.8 Å². The number of hydrogen-bond donors (Lipinski definition) is 1. The van der Waals surface area contributed by atoms with Crippen molar-refractivity contribution < 1.29 is 32.0 Å². The Morgan fingerprint density at radius 2 is 1.64 bits per heavy atom. The molecular weight excluding hydrogens is 585 g/mol. The Morgan fingerprint density at radius 1 is 1.05 bits per heavy atom. The number of carbonyl (C=O) groups excluding carboxylic acids is 1. The summed E-state index contributed by atoms with van der Waals surface area (Å²) in [5.41, 5.74) is 8.58. The average molecular weight is 628 g/mol. The largest absolute Gasteiger partial charge is 0.460 e. The van der Waals surface area contributed by atoms with Gasteiger partial charge in [-0.05, 0) is 63.0 Å². The van der Waals surface area contributed by atoms with Gasteiger partial charge in [0.05, 0.1) is 24.4 Å².